The van der Waals surface area contributed by atoms with Crippen LogP contribution in [0.15, 0.2) is 0 Å². The van der Waals surface area contributed by atoms with Crippen LogP contribution in [0.1, 0.15) is 33.6 Å². The number of nitrogens with one attached hydrogen (secondary N) is 1. The molecule has 0 spiro atoms. The summed E-state index contributed by atoms with van der Waals surface area (Å²) >= 11 is 0. The van der Waals surface area contributed by atoms with Gasteiger partial charge in [0.2, 0.25) is 0 Å². The van der Waals surface area contributed by atoms with Gasteiger partial charge in [-0.25, -0.2) is 0 Å². The molecule has 1 saturated heterocycles. The molecule has 1 heterocycles. The number of rotatable bonds is 5. The molecule has 0 radical (unpaired) electrons. The van der Waals surface area contributed by atoms with E-state index in [-0.39, 0.29) is 0 Å². The summed E-state index contributed by atoms with van der Waals surface area (Å²) < 4.78 is 0. The summed E-state index contributed by atoms with van der Waals surface area (Å²) in [5.74, 6) is 0.913. The fourth-order valence-electron chi connectivity index (χ4n) is 2.14. The molecule has 0 saturated carbocycles. The number of hydrogen-bond donors (Lipinski definition) is 1. The van der Waals surface area contributed by atoms with Crippen LogP contribution in [-0.2, 0) is 0 Å². The molecule has 0 bridgehead atoms. The molecular weight excluding hydrogens is 160 g/mol. The van der Waals surface area contributed by atoms with E-state index in [0.717, 1.165) is 18.5 Å². The first-order valence-corrected chi connectivity index (χ1v) is 5.72. The van der Waals surface area contributed by atoms with E-state index in [1.807, 2.05) is 0 Å². The zero-order valence-electron chi connectivity index (χ0n) is 9.34. The molecular formula is C11H24N2. The Kier molecular flexibility index (Phi) is 4.74. The second-order valence-electron chi connectivity index (χ2n) is 4.26. The van der Waals surface area contributed by atoms with E-state index in [9.17, 15) is 0 Å². The molecule has 78 valence electrons. The summed E-state index contributed by atoms with van der Waals surface area (Å²) in [4.78, 5) is 2.65. The lowest BCUT2D eigenvalue weighted by molar-refractivity contribution is 0.224. The summed E-state index contributed by atoms with van der Waals surface area (Å²) in [7, 11) is 0. The highest BCUT2D eigenvalue weighted by molar-refractivity contribution is 4.80. The molecule has 0 amide bonds. The standard InChI is InChI=1S/C11H24N2/c1-4-11(8-12-5-2)13-7-6-10(3)9-13/h10-12H,4-9H2,1-3H3. The molecule has 0 aromatic carbocycles. The monoisotopic (exact) mass is 184 g/mol. The Labute approximate surface area is 82.7 Å². The Hall–Kier alpha value is -0.0800. The van der Waals surface area contributed by atoms with E-state index in [2.05, 4.69) is 31.0 Å². The average Bonchev–Trinajstić information content (AvgIpc) is 2.54. The van der Waals surface area contributed by atoms with Crippen LogP contribution >= 0.6 is 0 Å². The van der Waals surface area contributed by atoms with Crippen LogP contribution in [0.2, 0.25) is 0 Å². The fraction of sp³-hybridized carbons (Fsp3) is 1.00. The third-order valence-corrected chi connectivity index (χ3v) is 3.07. The van der Waals surface area contributed by atoms with E-state index >= 15 is 0 Å². The topological polar surface area (TPSA) is 15.3 Å². The van der Waals surface area contributed by atoms with Gasteiger partial charge in [-0.3, -0.25) is 4.90 Å². The summed E-state index contributed by atoms with van der Waals surface area (Å²) in [6.07, 6.45) is 2.67. The number of likely N-dealkylation sites (N-methyl/N-ethyl adjacent to an activating group) is 1. The highest BCUT2D eigenvalue weighted by Gasteiger charge is 2.23. The van der Waals surface area contributed by atoms with Gasteiger partial charge in [0.1, 0.15) is 0 Å². The quantitative estimate of drug-likeness (QED) is 0.700. The van der Waals surface area contributed by atoms with Gasteiger partial charge in [-0.2, -0.15) is 0 Å². The van der Waals surface area contributed by atoms with Crippen molar-refractivity contribution in [2.24, 2.45) is 5.92 Å². The van der Waals surface area contributed by atoms with Crippen molar-refractivity contribution in [1.29, 1.82) is 0 Å². The molecule has 2 nitrogen and oxygen atoms in total. The lowest BCUT2D eigenvalue weighted by Crippen LogP contribution is -2.40. The van der Waals surface area contributed by atoms with Gasteiger partial charge in [0, 0.05) is 19.1 Å². The normalized spacial score (nSPS) is 26.5. The molecule has 1 rings (SSSR count). The van der Waals surface area contributed by atoms with E-state index < -0.39 is 0 Å². The molecule has 0 aliphatic carbocycles. The van der Waals surface area contributed by atoms with Crippen molar-refractivity contribution in [2.45, 2.75) is 39.7 Å². The molecule has 1 fully saturated rings. The molecule has 0 aromatic heterocycles. The van der Waals surface area contributed by atoms with Gasteiger partial charge >= 0.3 is 0 Å². The molecule has 1 aliphatic heterocycles. The first-order chi connectivity index (χ1) is 6.27. The van der Waals surface area contributed by atoms with Crippen LogP contribution in [0.3, 0.4) is 0 Å². The minimum atomic E-state index is 0.768. The maximum Gasteiger partial charge on any atom is 0.0218 e. The van der Waals surface area contributed by atoms with Crippen molar-refractivity contribution in [2.75, 3.05) is 26.2 Å². The van der Waals surface area contributed by atoms with Crippen molar-refractivity contribution in [1.82, 2.24) is 10.2 Å². The second-order valence-corrected chi connectivity index (χ2v) is 4.26. The lowest BCUT2D eigenvalue weighted by atomic mass is 10.1. The maximum atomic E-state index is 3.45. The Morgan fingerprint density at radius 2 is 2.23 bits per heavy atom. The smallest absolute Gasteiger partial charge is 0.0218 e. The summed E-state index contributed by atoms with van der Waals surface area (Å²) in [6.45, 7) is 11.7. The summed E-state index contributed by atoms with van der Waals surface area (Å²) in [6, 6.07) is 0.768. The van der Waals surface area contributed by atoms with Crippen LogP contribution in [-0.4, -0.2) is 37.1 Å². The van der Waals surface area contributed by atoms with Crippen LogP contribution in [0.25, 0.3) is 0 Å². The molecule has 2 atom stereocenters. The zero-order chi connectivity index (χ0) is 9.68. The van der Waals surface area contributed by atoms with Crippen molar-refractivity contribution in [3.05, 3.63) is 0 Å². The van der Waals surface area contributed by atoms with Crippen molar-refractivity contribution in [3.63, 3.8) is 0 Å². The number of likely N-dealkylation sites (tertiary alicyclic amines) is 1. The van der Waals surface area contributed by atoms with E-state index in [1.54, 1.807) is 0 Å². The van der Waals surface area contributed by atoms with E-state index in [1.165, 1.54) is 32.5 Å². The van der Waals surface area contributed by atoms with Gasteiger partial charge in [-0.1, -0.05) is 20.8 Å². The second kappa shape index (κ2) is 5.61. The first-order valence-electron chi connectivity index (χ1n) is 5.72. The molecule has 2 heteroatoms. The molecule has 2 unspecified atom stereocenters. The number of hydrogen-bond acceptors (Lipinski definition) is 2. The van der Waals surface area contributed by atoms with Crippen LogP contribution < -0.4 is 5.32 Å². The van der Waals surface area contributed by atoms with Gasteiger partial charge < -0.3 is 5.32 Å². The number of nitrogens with zero attached hydrogens (tertiary/aromatic N) is 1. The molecule has 13 heavy (non-hydrogen) atoms. The lowest BCUT2D eigenvalue weighted by Gasteiger charge is -2.26. The summed E-state index contributed by atoms with van der Waals surface area (Å²) in [5.41, 5.74) is 0. The van der Waals surface area contributed by atoms with Crippen molar-refractivity contribution < 1.29 is 0 Å². The highest BCUT2D eigenvalue weighted by Crippen LogP contribution is 2.18. The largest absolute Gasteiger partial charge is 0.315 e. The van der Waals surface area contributed by atoms with Crippen LogP contribution in [0.5, 0.6) is 0 Å². The highest BCUT2D eigenvalue weighted by atomic mass is 15.2. The third-order valence-electron chi connectivity index (χ3n) is 3.07. The SMILES string of the molecule is CCNCC(CC)N1CCC(C)C1. The minimum absolute atomic E-state index is 0.768. The average molecular weight is 184 g/mol. The van der Waals surface area contributed by atoms with Crippen molar-refractivity contribution >= 4 is 0 Å². The third kappa shape index (κ3) is 3.28. The fourth-order valence-corrected chi connectivity index (χ4v) is 2.14. The Morgan fingerprint density at radius 1 is 1.46 bits per heavy atom. The maximum absolute atomic E-state index is 3.45. The van der Waals surface area contributed by atoms with Crippen molar-refractivity contribution in [3.8, 4) is 0 Å². The first kappa shape index (κ1) is 11.0. The van der Waals surface area contributed by atoms with Gasteiger partial charge in [0.05, 0.1) is 0 Å². The Balaban J connectivity index is 2.29. The van der Waals surface area contributed by atoms with Gasteiger partial charge in [-0.05, 0) is 31.8 Å². The Bertz CT molecular complexity index is 136. The van der Waals surface area contributed by atoms with Gasteiger partial charge in [0.15, 0.2) is 0 Å². The van der Waals surface area contributed by atoms with E-state index in [4.69, 9.17) is 0 Å². The zero-order valence-corrected chi connectivity index (χ0v) is 9.34. The minimum Gasteiger partial charge on any atom is -0.315 e. The predicted molar refractivity (Wildman–Crippen MR) is 58.0 cm³/mol. The predicted octanol–water partition coefficient (Wildman–Crippen LogP) is 1.72. The van der Waals surface area contributed by atoms with Gasteiger partial charge in [0.25, 0.3) is 0 Å². The van der Waals surface area contributed by atoms with Crippen LogP contribution in [0.4, 0.5) is 0 Å². The molecule has 0 aromatic rings. The van der Waals surface area contributed by atoms with Crippen LogP contribution in [0, 0.1) is 5.92 Å². The van der Waals surface area contributed by atoms with Gasteiger partial charge in [-0.15, -0.1) is 0 Å². The Morgan fingerprint density at radius 3 is 2.69 bits per heavy atom. The summed E-state index contributed by atoms with van der Waals surface area (Å²) in [5, 5.41) is 3.45. The molecule has 1 N–H and O–H groups in total. The van der Waals surface area contributed by atoms with E-state index in [0.29, 0.717) is 0 Å². The molecule has 1 aliphatic rings.